The second-order valence-corrected chi connectivity index (χ2v) is 7.55. The van der Waals surface area contributed by atoms with E-state index in [4.69, 9.17) is 4.74 Å². The molecule has 28 heavy (non-hydrogen) atoms. The Morgan fingerprint density at radius 2 is 1.93 bits per heavy atom. The minimum Gasteiger partial charge on any atom is -0.383 e. The average Bonchev–Trinajstić information content (AvgIpc) is 3.50. The van der Waals surface area contributed by atoms with E-state index in [0.717, 1.165) is 38.7 Å². The Morgan fingerprint density at radius 1 is 1.18 bits per heavy atom. The summed E-state index contributed by atoms with van der Waals surface area (Å²) in [6.07, 6.45) is 1.25. The minimum absolute atomic E-state index is 0.0636. The number of amides is 1. The molecule has 2 N–H and O–H groups in total. The average molecular weight is 388 g/mol. The SMILES string of the molecule is CN=C(NCC1CC1c1ccccc1)N1CCN(CC(=O)NCCOC)CC1. The van der Waals surface area contributed by atoms with Crippen LogP contribution in [-0.2, 0) is 9.53 Å². The highest BCUT2D eigenvalue weighted by atomic mass is 16.5. The predicted molar refractivity (Wildman–Crippen MR) is 112 cm³/mol. The molecule has 0 spiro atoms. The van der Waals surface area contributed by atoms with Crippen LogP contribution in [0.5, 0.6) is 0 Å². The van der Waals surface area contributed by atoms with Crippen LogP contribution < -0.4 is 10.6 Å². The van der Waals surface area contributed by atoms with Crippen LogP contribution in [0, 0.1) is 5.92 Å². The molecule has 2 aliphatic rings. The number of rotatable bonds is 8. The molecule has 1 aromatic carbocycles. The van der Waals surface area contributed by atoms with Gasteiger partial charge in [0, 0.05) is 53.4 Å². The zero-order valence-electron chi connectivity index (χ0n) is 17.1. The van der Waals surface area contributed by atoms with Crippen molar-refractivity contribution >= 4 is 11.9 Å². The van der Waals surface area contributed by atoms with Crippen LogP contribution >= 0.6 is 0 Å². The molecule has 1 aliphatic carbocycles. The van der Waals surface area contributed by atoms with Crippen LogP contribution in [0.25, 0.3) is 0 Å². The molecule has 0 bridgehead atoms. The van der Waals surface area contributed by atoms with E-state index < -0.39 is 0 Å². The van der Waals surface area contributed by atoms with Gasteiger partial charge in [0.05, 0.1) is 13.2 Å². The number of nitrogens with zero attached hydrogens (tertiary/aromatic N) is 3. The molecule has 0 aromatic heterocycles. The van der Waals surface area contributed by atoms with Gasteiger partial charge in [0.1, 0.15) is 0 Å². The maximum absolute atomic E-state index is 11.9. The summed E-state index contributed by atoms with van der Waals surface area (Å²) in [6, 6.07) is 10.8. The van der Waals surface area contributed by atoms with Gasteiger partial charge < -0.3 is 20.3 Å². The Hall–Kier alpha value is -2.12. The largest absolute Gasteiger partial charge is 0.383 e. The van der Waals surface area contributed by atoms with Gasteiger partial charge in [-0.2, -0.15) is 0 Å². The lowest BCUT2D eigenvalue weighted by Gasteiger charge is -2.36. The van der Waals surface area contributed by atoms with Crippen LogP contribution in [0.15, 0.2) is 35.3 Å². The molecule has 1 saturated carbocycles. The quantitative estimate of drug-likeness (QED) is 0.391. The van der Waals surface area contributed by atoms with Gasteiger partial charge in [-0.1, -0.05) is 30.3 Å². The van der Waals surface area contributed by atoms with Crippen molar-refractivity contribution in [1.82, 2.24) is 20.4 Å². The number of hydrogen-bond acceptors (Lipinski definition) is 4. The summed E-state index contributed by atoms with van der Waals surface area (Å²) in [5.74, 6) is 2.41. The first kappa shape index (κ1) is 20.6. The first-order valence-corrected chi connectivity index (χ1v) is 10.2. The molecule has 1 aliphatic heterocycles. The van der Waals surface area contributed by atoms with Gasteiger partial charge in [-0.05, 0) is 23.8 Å². The molecule has 0 radical (unpaired) electrons. The van der Waals surface area contributed by atoms with E-state index in [-0.39, 0.29) is 5.91 Å². The van der Waals surface area contributed by atoms with Crippen LogP contribution in [0.3, 0.4) is 0 Å². The Labute approximate surface area is 168 Å². The number of aliphatic imine (C=N–C) groups is 1. The molecule has 1 amide bonds. The lowest BCUT2D eigenvalue weighted by molar-refractivity contribution is -0.122. The van der Waals surface area contributed by atoms with Gasteiger partial charge in [0.15, 0.2) is 5.96 Å². The minimum atomic E-state index is 0.0636. The summed E-state index contributed by atoms with van der Waals surface area (Å²) in [5.41, 5.74) is 1.45. The second-order valence-electron chi connectivity index (χ2n) is 7.55. The number of methoxy groups -OCH3 is 1. The van der Waals surface area contributed by atoms with Crippen LogP contribution in [-0.4, -0.2) is 88.2 Å². The normalized spacial score (nSPS) is 22.8. The summed E-state index contributed by atoms with van der Waals surface area (Å²) in [6.45, 7) is 6.04. The topological polar surface area (TPSA) is 69.2 Å². The lowest BCUT2D eigenvalue weighted by Crippen LogP contribution is -2.54. The Bertz CT molecular complexity index is 643. The first-order chi connectivity index (χ1) is 13.7. The molecule has 2 atom stereocenters. The standard InChI is InChI=1S/C21H33N5O2/c1-22-21(24-15-18-14-19(18)17-6-4-3-5-7-17)26-11-9-25(10-12-26)16-20(27)23-8-13-28-2/h3-7,18-19H,8-16H2,1-2H3,(H,22,24)(H,23,27). The van der Waals surface area contributed by atoms with Crippen LogP contribution in [0.4, 0.5) is 0 Å². The van der Waals surface area contributed by atoms with Crippen molar-refractivity contribution in [3.05, 3.63) is 35.9 Å². The molecule has 7 nitrogen and oxygen atoms in total. The van der Waals surface area contributed by atoms with Crippen molar-refractivity contribution in [3.8, 4) is 0 Å². The van der Waals surface area contributed by atoms with E-state index in [1.54, 1.807) is 7.11 Å². The number of piperazine rings is 1. The zero-order valence-corrected chi connectivity index (χ0v) is 17.1. The third-order valence-electron chi connectivity index (χ3n) is 5.55. The monoisotopic (exact) mass is 387 g/mol. The van der Waals surface area contributed by atoms with Gasteiger partial charge in [-0.15, -0.1) is 0 Å². The van der Waals surface area contributed by atoms with Gasteiger partial charge in [-0.3, -0.25) is 14.7 Å². The summed E-state index contributed by atoms with van der Waals surface area (Å²) in [4.78, 5) is 20.9. The highest BCUT2D eigenvalue weighted by Crippen LogP contribution is 2.46. The van der Waals surface area contributed by atoms with Crippen molar-refractivity contribution in [1.29, 1.82) is 0 Å². The number of benzene rings is 1. The van der Waals surface area contributed by atoms with E-state index in [0.29, 0.717) is 31.5 Å². The van der Waals surface area contributed by atoms with Crippen LogP contribution in [0.1, 0.15) is 17.9 Å². The predicted octanol–water partition coefficient (Wildman–Crippen LogP) is 0.746. The second kappa shape index (κ2) is 10.4. The third kappa shape index (κ3) is 5.94. The number of ether oxygens (including phenoxy) is 1. The van der Waals surface area contributed by atoms with Crippen molar-refractivity contribution in [2.24, 2.45) is 10.9 Å². The molecule has 2 unspecified atom stereocenters. The maximum atomic E-state index is 11.9. The van der Waals surface area contributed by atoms with Crippen molar-refractivity contribution < 1.29 is 9.53 Å². The molecule has 7 heteroatoms. The molecular weight excluding hydrogens is 354 g/mol. The molecule has 154 valence electrons. The highest BCUT2D eigenvalue weighted by molar-refractivity contribution is 5.80. The van der Waals surface area contributed by atoms with Crippen molar-refractivity contribution in [2.45, 2.75) is 12.3 Å². The maximum Gasteiger partial charge on any atom is 0.234 e. The fourth-order valence-electron chi connectivity index (χ4n) is 3.81. The summed E-state index contributed by atoms with van der Waals surface area (Å²) >= 11 is 0. The summed E-state index contributed by atoms with van der Waals surface area (Å²) in [5, 5.41) is 6.43. The van der Waals surface area contributed by atoms with Crippen molar-refractivity contribution in [3.63, 3.8) is 0 Å². The van der Waals surface area contributed by atoms with E-state index in [1.807, 2.05) is 7.05 Å². The molecular formula is C21H33N5O2. The van der Waals surface area contributed by atoms with Gasteiger partial charge in [0.2, 0.25) is 5.91 Å². The molecule has 1 aromatic rings. The zero-order chi connectivity index (χ0) is 19.8. The first-order valence-electron chi connectivity index (χ1n) is 10.2. The Morgan fingerprint density at radius 3 is 2.61 bits per heavy atom. The van der Waals surface area contributed by atoms with E-state index in [1.165, 1.54) is 12.0 Å². The number of nitrogens with one attached hydrogen (secondary N) is 2. The van der Waals surface area contributed by atoms with E-state index in [2.05, 4.69) is 55.8 Å². The number of guanidine groups is 1. The third-order valence-corrected chi connectivity index (χ3v) is 5.55. The van der Waals surface area contributed by atoms with Crippen LogP contribution in [0.2, 0.25) is 0 Å². The van der Waals surface area contributed by atoms with E-state index in [9.17, 15) is 4.79 Å². The number of hydrogen-bond donors (Lipinski definition) is 2. The summed E-state index contributed by atoms with van der Waals surface area (Å²) < 4.78 is 4.96. The smallest absolute Gasteiger partial charge is 0.234 e. The highest BCUT2D eigenvalue weighted by Gasteiger charge is 2.38. The number of carbonyl (C=O) groups is 1. The van der Waals surface area contributed by atoms with Gasteiger partial charge in [0.25, 0.3) is 0 Å². The summed E-state index contributed by atoms with van der Waals surface area (Å²) in [7, 11) is 3.48. The van der Waals surface area contributed by atoms with E-state index >= 15 is 0 Å². The molecule has 1 heterocycles. The number of carbonyl (C=O) groups excluding carboxylic acids is 1. The Balaban J connectivity index is 1.36. The molecule has 2 fully saturated rings. The fraction of sp³-hybridized carbons (Fsp3) is 0.619. The molecule has 1 saturated heterocycles. The lowest BCUT2D eigenvalue weighted by atomic mass is 10.1. The van der Waals surface area contributed by atoms with Crippen molar-refractivity contribution in [2.75, 3.05) is 66.6 Å². The fourth-order valence-corrected chi connectivity index (χ4v) is 3.81. The van der Waals surface area contributed by atoms with Gasteiger partial charge >= 0.3 is 0 Å². The molecule has 3 rings (SSSR count). The Kier molecular flexibility index (Phi) is 7.68. The van der Waals surface area contributed by atoms with Gasteiger partial charge in [-0.25, -0.2) is 0 Å².